The molecule has 4 heterocycles. The molecule has 1 aliphatic carbocycles. The van der Waals surface area contributed by atoms with Crippen molar-refractivity contribution in [1.29, 1.82) is 0 Å². The molecular weight excluding hydrogens is 334 g/mol. The molecule has 136 valence electrons. The number of amides is 1. The molecule has 7 heteroatoms. The third-order valence-corrected chi connectivity index (χ3v) is 5.44. The molecule has 2 aromatic rings. The van der Waals surface area contributed by atoms with Gasteiger partial charge in [0.1, 0.15) is 17.6 Å². The molecule has 2 saturated heterocycles. The van der Waals surface area contributed by atoms with E-state index in [1.807, 2.05) is 17.0 Å². The maximum absolute atomic E-state index is 12.7. The molecule has 2 atom stereocenters. The summed E-state index contributed by atoms with van der Waals surface area (Å²) in [4.78, 5) is 18.6. The maximum Gasteiger partial charge on any atom is 0.276 e. The van der Waals surface area contributed by atoms with Crippen molar-refractivity contribution in [2.45, 2.75) is 43.3 Å². The fourth-order valence-electron chi connectivity index (χ4n) is 3.90. The van der Waals surface area contributed by atoms with E-state index in [0.717, 1.165) is 37.2 Å². The molecule has 3 fully saturated rings. The molecule has 1 amide bonds. The second kappa shape index (κ2) is 6.09. The van der Waals surface area contributed by atoms with Gasteiger partial charge in [0.15, 0.2) is 5.69 Å². The Morgan fingerprint density at radius 3 is 3.12 bits per heavy atom. The molecule has 0 unspecified atom stereocenters. The van der Waals surface area contributed by atoms with Crippen LogP contribution in [0.25, 0.3) is 0 Å². The van der Waals surface area contributed by atoms with Gasteiger partial charge in [0.2, 0.25) is 0 Å². The number of carbonyl (C=O) groups excluding carboxylic acids is 1. The van der Waals surface area contributed by atoms with Gasteiger partial charge in [-0.2, -0.15) is 0 Å². The SMILES string of the molecule is O=C(c1cc(C2CC2)on1)N1CC[C@]2(C[C@H](Oc3cccnc3)CO2)C1. The van der Waals surface area contributed by atoms with Gasteiger partial charge in [0, 0.05) is 31.1 Å². The van der Waals surface area contributed by atoms with Crippen molar-refractivity contribution in [3.05, 3.63) is 42.0 Å². The number of pyridine rings is 1. The Kier molecular flexibility index (Phi) is 3.70. The van der Waals surface area contributed by atoms with Gasteiger partial charge in [-0.05, 0) is 31.4 Å². The topological polar surface area (TPSA) is 77.7 Å². The first-order valence-electron chi connectivity index (χ1n) is 9.17. The van der Waals surface area contributed by atoms with Crippen LogP contribution in [0.1, 0.15) is 47.8 Å². The first-order valence-corrected chi connectivity index (χ1v) is 9.17. The number of carbonyl (C=O) groups is 1. The number of aromatic nitrogens is 2. The standard InChI is InChI=1S/C19H21N3O4/c23-18(16-8-17(26-21-16)13-3-4-13)22-7-5-19(12-22)9-15(11-24-19)25-14-2-1-6-20-10-14/h1-2,6,8,10,13,15H,3-5,7,9,11-12H2/t15-,19-/m0/s1. The smallest absolute Gasteiger partial charge is 0.276 e. The normalized spacial score (nSPS) is 28.0. The van der Waals surface area contributed by atoms with Crippen molar-refractivity contribution in [3.63, 3.8) is 0 Å². The van der Waals surface area contributed by atoms with Gasteiger partial charge in [0.25, 0.3) is 5.91 Å². The molecule has 1 saturated carbocycles. The molecule has 0 radical (unpaired) electrons. The predicted molar refractivity (Wildman–Crippen MR) is 91.0 cm³/mol. The summed E-state index contributed by atoms with van der Waals surface area (Å²) in [5.74, 6) is 1.97. The van der Waals surface area contributed by atoms with Crippen LogP contribution in [0.4, 0.5) is 0 Å². The Balaban J connectivity index is 1.21. The second-order valence-electron chi connectivity index (χ2n) is 7.49. The van der Waals surface area contributed by atoms with Gasteiger partial charge in [-0.15, -0.1) is 0 Å². The van der Waals surface area contributed by atoms with E-state index in [-0.39, 0.29) is 17.6 Å². The van der Waals surface area contributed by atoms with Crippen LogP contribution >= 0.6 is 0 Å². The Morgan fingerprint density at radius 1 is 1.38 bits per heavy atom. The van der Waals surface area contributed by atoms with E-state index in [4.69, 9.17) is 14.0 Å². The average molecular weight is 355 g/mol. The van der Waals surface area contributed by atoms with E-state index >= 15 is 0 Å². The number of nitrogens with zero attached hydrogens (tertiary/aromatic N) is 3. The summed E-state index contributed by atoms with van der Waals surface area (Å²) in [5.41, 5.74) is 0.0936. The zero-order valence-corrected chi connectivity index (χ0v) is 14.5. The van der Waals surface area contributed by atoms with Crippen LogP contribution < -0.4 is 4.74 Å². The van der Waals surface area contributed by atoms with Crippen molar-refractivity contribution in [3.8, 4) is 5.75 Å². The molecular formula is C19H21N3O4. The summed E-state index contributed by atoms with van der Waals surface area (Å²) < 4.78 is 17.3. The van der Waals surface area contributed by atoms with Crippen molar-refractivity contribution in [2.24, 2.45) is 0 Å². The van der Waals surface area contributed by atoms with E-state index in [1.54, 1.807) is 18.5 Å². The van der Waals surface area contributed by atoms with E-state index in [2.05, 4.69) is 10.1 Å². The average Bonchev–Trinajstić information content (AvgIpc) is 3.08. The van der Waals surface area contributed by atoms with Crippen LogP contribution in [0.5, 0.6) is 5.75 Å². The van der Waals surface area contributed by atoms with Crippen molar-refractivity contribution >= 4 is 5.91 Å². The molecule has 2 aliphatic heterocycles. The molecule has 2 aromatic heterocycles. The zero-order chi connectivity index (χ0) is 17.6. The van der Waals surface area contributed by atoms with Crippen LogP contribution in [0.2, 0.25) is 0 Å². The number of hydrogen-bond donors (Lipinski definition) is 0. The largest absolute Gasteiger partial charge is 0.486 e. The first kappa shape index (κ1) is 15.8. The summed E-state index contributed by atoms with van der Waals surface area (Å²) in [6.45, 7) is 1.78. The van der Waals surface area contributed by atoms with Gasteiger partial charge >= 0.3 is 0 Å². The van der Waals surface area contributed by atoms with E-state index in [9.17, 15) is 4.79 Å². The van der Waals surface area contributed by atoms with Crippen LogP contribution in [0.3, 0.4) is 0 Å². The Labute approximate surface area is 151 Å². The minimum atomic E-state index is -0.314. The highest BCUT2D eigenvalue weighted by molar-refractivity contribution is 5.92. The highest BCUT2D eigenvalue weighted by Crippen LogP contribution is 2.41. The summed E-state index contributed by atoms with van der Waals surface area (Å²) in [5, 5.41) is 3.97. The minimum Gasteiger partial charge on any atom is -0.486 e. The van der Waals surface area contributed by atoms with Crippen LogP contribution in [0, 0.1) is 0 Å². The molecule has 7 nitrogen and oxygen atoms in total. The lowest BCUT2D eigenvalue weighted by atomic mass is 9.98. The third-order valence-electron chi connectivity index (χ3n) is 5.44. The van der Waals surface area contributed by atoms with E-state index in [1.165, 1.54) is 0 Å². The number of ether oxygens (including phenoxy) is 2. The van der Waals surface area contributed by atoms with Gasteiger partial charge in [-0.1, -0.05) is 5.16 Å². The fourth-order valence-corrected chi connectivity index (χ4v) is 3.90. The van der Waals surface area contributed by atoms with Gasteiger partial charge in [-0.3, -0.25) is 9.78 Å². The Hall–Kier alpha value is -2.41. The Bertz CT molecular complexity index is 804. The fraction of sp³-hybridized carbons (Fsp3) is 0.526. The second-order valence-corrected chi connectivity index (χ2v) is 7.49. The zero-order valence-electron chi connectivity index (χ0n) is 14.5. The van der Waals surface area contributed by atoms with E-state index < -0.39 is 0 Å². The molecule has 0 N–H and O–H groups in total. The third kappa shape index (κ3) is 2.96. The van der Waals surface area contributed by atoms with Crippen molar-refractivity contribution < 1.29 is 18.8 Å². The summed E-state index contributed by atoms with van der Waals surface area (Å²) in [7, 11) is 0. The number of rotatable bonds is 4. The molecule has 0 aromatic carbocycles. The quantitative estimate of drug-likeness (QED) is 0.838. The highest BCUT2D eigenvalue weighted by Gasteiger charge is 2.48. The lowest BCUT2D eigenvalue weighted by molar-refractivity contribution is 0.00985. The highest BCUT2D eigenvalue weighted by atomic mass is 16.6. The van der Waals surface area contributed by atoms with Crippen molar-refractivity contribution in [1.82, 2.24) is 15.0 Å². The minimum absolute atomic E-state index is 0.0113. The molecule has 0 bridgehead atoms. The molecule has 5 rings (SSSR count). The molecule has 26 heavy (non-hydrogen) atoms. The van der Waals surface area contributed by atoms with E-state index in [0.29, 0.717) is 31.3 Å². The lowest BCUT2D eigenvalue weighted by Gasteiger charge is -2.22. The summed E-state index contributed by atoms with van der Waals surface area (Å²) in [6, 6.07) is 5.55. The van der Waals surface area contributed by atoms with Crippen LogP contribution in [-0.2, 0) is 4.74 Å². The monoisotopic (exact) mass is 355 g/mol. The first-order chi connectivity index (χ1) is 12.7. The van der Waals surface area contributed by atoms with Gasteiger partial charge < -0.3 is 18.9 Å². The summed E-state index contributed by atoms with van der Waals surface area (Å²) >= 11 is 0. The molecule has 3 aliphatic rings. The Morgan fingerprint density at radius 2 is 2.31 bits per heavy atom. The predicted octanol–water partition coefficient (Wildman–Crippen LogP) is 2.40. The van der Waals surface area contributed by atoms with Gasteiger partial charge in [-0.25, -0.2) is 0 Å². The lowest BCUT2D eigenvalue weighted by Crippen LogP contribution is -2.36. The van der Waals surface area contributed by atoms with Crippen LogP contribution in [-0.4, -0.2) is 52.3 Å². The number of likely N-dealkylation sites (tertiary alicyclic amines) is 1. The maximum atomic E-state index is 12.7. The van der Waals surface area contributed by atoms with Crippen molar-refractivity contribution in [2.75, 3.05) is 19.7 Å². The van der Waals surface area contributed by atoms with Crippen LogP contribution in [0.15, 0.2) is 35.1 Å². The molecule has 1 spiro atoms. The summed E-state index contributed by atoms with van der Waals surface area (Å²) in [6.07, 6.45) is 7.26. The van der Waals surface area contributed by atoms with Gasteiger partial charge in [0.05, 0.1) is 24.9 Å². The number of hydrogen-bond acceptors (Lipinski definition) is 6.